The molecule has 0 unspecified atom stereocenters. The molecule has 1 aliphatic rings. The number of allylic oxidation sites excluding steroid dienone is 2. The van der Waals surface area contributed by atoms with Gasteiger partial charge < -0.3 is 14.2 Å². The van der Waals surface area contributed by atoms with Crippen LogP contribution in [0.5, 0.6) is 17.2 Å². The van der Waals surface area contributed by atoms with Gasteiger partial charge in [-0.25, -0.2) is 0 Å². The highest BCUT2D eigenvalue weighted by Crippen LogP contribution is 2.44. The molecule has 0 spiro atoms. The maximum atomic E-state index is 6.01. The molecule has 0 fully saturated rings. The molecular formula is C18H16O3. The standard InChI is InChI=1S/C18H16O3/c1-12-9-15(13-7-5-4-6-8-13)21-17-11-14(19-2)10-16(20-3)18(12)17/h4-11H,1H2,2-3H3. The van der Waals surface area contributed by atoms with E-state index in [2.05, 4.69) is 6.58 Å². The number of methoxy groups -OCH3 is 2. The van der Waals surface area contributed by atoms with Crippen molar-refractivity contribution in [1.82, 2.24) is 0 Å². The summed E-state index contributed by atoms with van der Waals surface area (Å²) in [5.41, 5.74) is 2.72. The smallest absolute Gasteiger partial charge is 0.142 e. The molecule has 106 valence electrons. The topological polar surface area (TPSA) is 27.7 Å². The SMILES string of the molecule is C=C1C=C(c2ccccc2)Oc2cc(OC)cc(OC)c21. The lowest BCUT2D eigenvalue weighted by Gasteiger charge is -2.22. The fraction of sp³-hybridized carbons (Fsp3) is 0.111. The molecule has 0 aromatic heterocycles. The molecule has 1 heterocycles. The van der Waals surface area contributed by atoms with Crippen molar-refractivity contribution in [2.75, 3.05) is 14.2 Å². The van der Waals surface area contributed by atoms with Crippen LogP contribution in [0.25, 0.3) is 11.3 Å². The van der Waals surface area contributed by atoms with Gasteiger partial charge in [0.15, 0.2) is 0 Å². The van der Waals surface area contributed by atoms with Crippen molar-refractivity contribution >= 4 is 11.3 Å². The molecule has 0 radical (unpaired) electrons. The van der Waals surface area contributed by atoms with Crippen LogP contribution in [-0.2, 0) is 0 Å². The summed E-state index contributed by atoms with van der Waals surface area (Å²) in [4.78, 5) is 0. The highest BCUT2D eigenvalue weighted by molar-refractivity contribution is 5.89. The van der Waals surface area contributed by atoms with Gasteiger partial charge in [0.1, 0.15) is 23.0 Å². The maximum absolute atomic E-state index is 6.01. The Kier molecular flexibility index (Phi) is 3.40. The number of hydrogen-bond donors (Lipinski definition) is 0. The molecule has 0 saturated carbocycles. The fourth-order valence-corrected chi connectivity index (χ4v) is 2.36. The monoisotopic (exact) mass is 280 g/mol. The van der Waals surface area contributed by atoms with Crippen LogP contribution in [0, 0.1) is 0 Å². The lowest BCUT2D eigenvalue weighted by atomic mass is 9.99. The first kappa shape index (κ1) is 13.3. The molecule has 0 saturated heterocycles. The molecule has 0 amide bonds. The van der Waals surface area contributed by atoms with Gasteiger partial charge in [0.05, 0.1) is 19.8 Å². The third-order valence-electron chi connectivity index (χ3n) is 3.40. The summed E-state index contributed by atoms with van der Waals surface area (Å²) >= 11 is 0. The minimum atomic E-state index is 0.688. The maximum Gasteiger partial charge on any atom is 0.142 e. The number of hydrogen-bond acceptors (Lipinski definition) is 3. The van der Waals surface area contributed by atoms with Crippen molar-refractivity contribution in [3.63, 3.8) is 0 Å². The number of benzene rings is 2. The van der Waals surface area contributed by atoms with E-state index in [1.165, 1.54) is 0 Å². The summed E-state index contributed by atoms with van der Waals surface area (Å²) in [5.74, 6) is 2.84. The van der Waals surface area contributed by atoms with E-state index in [9.17, 15) is 0 Å². The van der Waals surface area contributed by atoms with Gasteiger partial charge in [-0.3, -0.25) is 0 Å². The summed E-state index contributed by atoms with van der Waals surface area (Å²) in [7, 11) is 3.24. The zero-order chi connectivity index (χ0) is 14.8. The number of rotatable bonds is 3. The first-order valence-corrected chi connectivity index (χ1v) is 6.63. The largest absolute Gasteiger partial charge is 0.496 e. The van der Waals surface area contributed by atoms with Crippen LogP contribution in [0.1, 0.15) is 11.1 Å². The Morgan fingerprint density at radius 1 is 1.00 bits per heavy atom. The third-order valence-corrected chi connectivity index (χ3v) is 3.40. The normalized spacial score (nSPS) is 13.0. The zero-order valence-corrected chi connectivity index (χ0v) is 12.1. The Bertz CT molecular complexity index is 715. The van der Waals surface area contributed by atoms with Crippen molar-refractivity contribution in [2.24, 2.45) is 0 Å². The summed E-state index contributed by atoms with van der Waals surface area (Å²) in [6.45, 7) is 4.12. The first-order chi connectivity index (χ1) is 10.2. The number of fused-ring (bicyclic) bond motifs is 1. The Balaban J connectivity index is 2.09. The predicted octanol–water partition coefficient (Wildman–Crippen LogP) is 4.15. The quantitative estimate of drug-likeness (QED) is 0.845. The molecule has 1 aliphatic heterocycles. The molecule has 2 aromatic rings. The van der Waals surface area contributed by atoms with E-state index in [-0.39, 0.29) is 0 Å². The Labute approximate surface area is 124 Å². The second-order valence-corrected chi connectivity index (χ2v) is 4.70. The first-order valence-electron chi connectivity index (χ1n) is 6.63. The van der Waals surface area contributed by atoms with Crippen LogP contribution in [0.3, 0.4) is 0 Å². The highest BCUT2D eigenvalue weighted by atomic mass is 16.5. The average molecular weight is 280 g/mol. The minimum Gasteiger partial charge on any atom is -0.496 e. The lowest BCUT2D eigenvalue weighted by molar-refractivity contribution is 0.386. The zero-order valence-electron chi connectivity index (χ0n) is 12.1. The second kappa shape index (κ2) is 5.37. The molecule has 0 N–H and O–H groups in total. The molecule has 3 nitrogen and oxygen atoms in total. The number of ether oxygens (including phenoxy) is 3. The van der Waals surface area contributed by atoms with E-state index in [4.69, 9.17) is 14.2 Å². The van der Waals surface area contributed by atoms with E-state index in [0.717, 1.165) is 22.5 Å². The molecule has 2 aromatic carbocycles. The molecule has 3 heteroatoms. The molecule has 3 rings (SSSR count). The molecule has 0 aliphatic carbocycles. The van der Waals surface area contributed by atoms with Gasteiger partial charge in [0, 0.05) is 17.7 Å². The summed E-state index contributed by atoms with van der Waals surface area (Å²) in [5, 5.41) is 0. The van der Waals surface area contributed by atoms with Crippen LogP contribution in [0.15, 0.2) is 55.1 Å². The van der Waals surface area contributed by atoms with Crippen LogP contribution >= 0.6 is 0 Å². The van der Waals surface area contributed by atoms with Crippen molar-refractivity contribution in [3.8, 4) is 17.2 Å². The molecule has 0 atom stereocenters. The molecule has 0 bridgehead atoms. The Morgan fingerprint density at radius 2 is 1.76 bits per heavy atom. The Morgan fingerprint density at radius 3 is 2.43 bits per heavy atom. The molecular weight excluding hydrogens is 264 g/mol. The van der Waals surface area contributed by atoms with Crippen molar-refractivity contribution in [2.45, 2.75) is 0 Å². The van der Waals surface area contributed by atoms with Gasteiger partial charge >= 0.3 is 0 Å². The van der Waals surface area contributed by atoms with Crippen LogP contribution < -0.4 is 14.2 Å². The van der Waals surface area contributed by atoms with E-state index in [1.54, 1.807) is 14.2 Å². The van der Waals surface area contributed by atoms with Crippen LogP contribution in [0.4, 0.5) is 0 Å². The highest BCUT2D eigenvalue weighted by Gasteiger charge is 2.22. The minimum absolute atomic E-state index is 0.688. The summed E-state index contributed by atoms with van der Waals surface area (Å²) in [6.07, 6.45) is 1.92. The lowest BCUT2D eigenvalue weighted by Crippen LogP contribution is -2.05. The molecule has 21 heavy (non-hydrogen) atoms. The van der Waals surface area contributed by atoms with Crippen molar-refractivity contribution in [3.05, 3.63) is 66.2 Å². The third kappa shape index (κ3) is 2.38. The van der Waals surface area contributed by atoms with Crippen molar-refractivity contribution < 1.29 is 14.2 Å². The van der Waals surface area contributed by atoms with E-state index in [1.807, 2.05) is 48.5 Å². The summed E-state index contributed by atoms with van der Waals surface area (Å²) < 4.78 is 16.7. The van der Waals surface area contributed by atoms with Crippen LogP contribution in [0.2, 0.25) is 0 Å². The predicted molar refractivity (Wildman–Crippen MR) is 83.6 cm³/mol. The summed E-state index contributed by atoms with van der Waals surface area (Å²) in [6, 6.07) is 13.6. The van der Waals surface area contributed by atoms with Gasteiger partial charge in [0.25, 0.3) is 0 Å². The van der Waals surface area contributed by atoms with Gasteiger partial charge in [-0.05, 0) is 11.6 Å². The van der Waals surface area contributed by atoms with E-state index in [0.29, 0.717) is 17.2 Å². The fourth-order valence-electron chi connectivity index (χ4n) is 2.36. The van der Waals surface area contributed by atoms with E-state index >= 15 is 0 Å². The second-order valence-electron chi connectivity index (χ2n) is 4.70. The Hall–Kier alpha value is -2.68. The van der Waals surface area contributed by atoms with Gasteiger partial charge in [0.2, 0.25) is 0 Å². The average Bonchev–Trinajstić information content (AvgIpc) is 2.54. The van der Waals surface area contributed by atoms with Gasteiger partial charge in [-0.15, -0.1) is 0 Å². The van der Waals surface area contributed by atoms with Gasteiger partial charge in [-0.2, -0.15) is 0 Å². The van der Waals surface area contributed by atoms with Gasteiger partial charge in [-0.1, -0.05) is 36.9 Å². The van der Waals surface area contributed by atoms with Crippen molar-refractivity contribution in [1.29, 1.82) is 0 Å². The van der Waals surface area contributed by atoms with E-state index < -0.39 is 0 Å². The van der Waals surface area contributed by atoms with Crippen LogP contribution in [-0.4, -0.2) is 14.2 Å².